The van der Waals surface area contributed by atoms with Gasteiger partial charge >= 0.3 is 12.4 Å². The van der Waals surface area contributed by atoms with E-state index in [9.17, 15) is 26.3 Å². The first-order valence-electron chi connectivity index (χ1n) is 6.17. The molecule has 0 amide bonds. The van der Waals surface area contributed by atoms with Crippen LogP contribution in [0.25, 0.3) is 5.57 Å². The maximum Gasteiger partial charge on any atom is 0.407 e. The second-order valence-electron chi connectivity index (χ2n) is 4.92. The van der Waals surface area contributed by atoms with Gasteiger partial charge in [-0.3, -0.25) is 0 Å². The van der Waals surface area contributed by atoms with Crippen LogP contribution in [0.2, 0.25) is 0 Å². The van der Waals surface area contributed by atoms with Crippen molar-refractivity contribution in [2.24, 2.45) is 5.41 Å². The lowest BCUT2D eigenvalue weighted by Gasteiger charge is -2.40. The van der Waals surface area contributed by atoms with E-state index < -0.39 is 29.8 Å². The molecule has 0 radical (unpaired) electrons. The SMILES string of the molecule is Nc1cccc(C2=CC=CCC2(C(F)(F)F)C(F)(F)F)c1N. The van der Waals surface area contributed by atoms with E-state index in [1.807, 2.05) is 0 Å². The number of nitrogens with two attached hydrogens (primary N) is 2. The van der Waals surface area contributed by atoms with Crippen LogP contribution in [0.15, 0.2) is 36.4 Å². The van der Waals surface area contributed by atoms with Gasteiger partial charge < -0.3 is 11.5 Å². The van der Waals surface area contributed by atoms with E-state index in [1.165, 1.54) is 12.1 Å². The Morgan fingerprint density at radius 3 is 2.09 bits per heavy atom. The lowest BCUT2D eigenvalue weighted by molar-refractivity contribution is -0.315. The fourth-order valence-corrected chi connectivity index (χ4v) is 2.50. The molecule has 2 rings (SSSR count). The Morgan fingerprint density at radius 1 is 0.955 bits per heavy atom. The van der Waals surface area contributed by atoms with Gasteiger partial charge in [-0.25, -0.2) is 0 Å². The number of allylic oxidation sites excluding steroid dienone is 4. The number of anilines is 2. The van der Waals surface area contributed by atoms with E-state index >= 15 is 0 Å². The van der Waals surface area contributed by atoms with Crippen LogP contribution in [0, 0.1) is 5.41 Å². The van der Waals surface area contributed by atoms with E-state index in [0.29, 0.717) is 0 Å². The van der Waals surface area contributed by atoms with E-state index in [-0.39, 0.29) is 16.9 Å². The first-order chi connectivity index (χ1) is 10.0. The second-order valence-corrected chi connectivity index (χ2v) is 4.92. The third kappa shape index (κ3) is 2.22. The summed E-state index contributed by atoms with van der Waals surface area (Å²) in [6, 6.07) is 3.67. The molecular weight excluding hydrogens is 310 g/mol. The Labute approximate surface area is 122 Å². The minimum absolute atomic E-state index is 0.0776. The highest BCUT2D eigenvalue weighted by atomic mass is 19.4. The zero-order chi connectivity index (χ0) is 16.8. The van der Waals surface area contributed by atoms with Crippen LogP contribution in [0.3, 0.4) is 0 Å². The minimum Gasteiger partial charge on any atom is -0.397 e. The van der Waals surface area contributed by atoms with Crippen molar-refractivity contribution in [1.29, 1.82) is 0 Å². The van der Waals surface area contributed by atoms with Gasteiger partial charge in [0.25, 0.3) is 0 Å². The molecule has 2 nitrogen and oxygen atoms in total. The van der Waals surface area contributed by atoms with E-state index in [0.717, 1.165) is 24.3 Å². The highest BCUT2D eigenvalue weighted by Crippen LogP contribution is 2.61. The summed E-state index contributed by atoms with van der Waals surface area (Å²) < 4.78 is 80.4. The molecule has 0 fully saturated rings. The molecule has 4 N–H and O–H groups in total. The molecule has 0 heterocycles. The van der Waals surface area contributed by atoms with Gasteiger partial charge in [0.1, 0.15) is 0 Å². The zero-order valence-electron chi connectivity index (χ0n) is 11.1. The van der Waals surface area contributed by atoms with Crippen molar-refractivity contribution in [2.75, 3.05) is 11.5 Å². The molecule has 0 saturated carbocycles. The normalized spacial score (nSPS) is 18.2. The van der Waals surface area contributed by atoms with Crippen molar-refractivity contribution in [2.45, 2.75) is 18.8 Å². The first-order valence-corrected chi connectivity index (χ1v) is 6.17. The third-order valence-electron chi connectivity index (χ3n) is 3.68. The lowest BCUT2D eigenvalue weighted by atomic mass is 9.70. The summed E-state index contributed by atoms with van der Waals surface area (Å²) in [5.74, 6) is 0. The molecule has 0 aromatic heterocycles. The minimum atomic E-state index is -5.53. The average molecular weight is 322 g/mol. The number of halogens is 6. The highest BCUT2D eigenvalue weighted by Gasteiger charge is 2.72. The average Bonchev–Trinajstić information content (AvgIpc) is 2.39. The number of alkyl halides is 6. The van der Waals surface area contributed by atoms with Gasteiger partial charge in [-0.1, -0.05) is 30.4 Å². The zero-order valence-corrected chi connectivity index (χ0v) is 11.1. The van der Waals surface area contributed by atoms with Crippen LogP contribution in [-0.4, -0.2) is 12.4 Å². The van der Waals surface area contributed by atoms with Crippen molar-refractivity contribution in [1.82, 2.24) is 0 Å². The Morgan fingerprint density at radius 2 is 1.55 bits per heavy atom. The predicted molar refractivity (Wildman–Crippen MR) is 71.5 cm³/mol. The molecule has 8 heteroatoms. The van der Waals surface area contributed by atoms with E-state index in [1.54, 1.807) is 0 Å². The van der Waals surface area contributed by atoms with Gasteiger partial charge in [0, 0.05) is 5.56 Å². The van der Waals surface area contributed by atoms with Crippen LogP contribution in [0.4, 0.5) is 37.7 Å². The van der Waals surface area contributed by atoms with Gasteiger partial charge in [0.05, 0.1) is 11.4 Å². The van der Waals surface area contributed by atoms with Crippen LogP contribution in [0.5, 0.6) is 0 Å². The molecule has 1 aromatic rings. The van der Waals surface area contributed by atoms with Crippen LogP contribution in [-0.2, 0) is 0 Å². The van der Waals surface area contributed by atoms with E-state index in [2.05, 4.69) is 0 Å². The summed E-state index contributed by atoms with van der Waals surface area (Å²) in [5.41, 5.74) is 5.41. The van der Waals surface area contributed by atoms with Gasteiger partial charge in [0.2, 0.25) is 0 Å². The van der Waals surface area contributed by atoms with Gasteiger partial charge in [-0.05, 0) is 18.1 Å². The smallest absolute Gasteiger partial charge is 0.397 e. The molecule has 0 spiro atoms. The molecule has 0 bridgehead atoms. The topological polar surface area (TPSA) is 52.0 Å². The van der Waals surface area contributed by atoms with Crippen molar-refractivity contribution in [3.63, 3.8) is 0 Å². The summed E-state index contributed by atoms with van der Waals surface area (Å²) in [4.78, 5) is 0. The van der Waals surface area contributed by atoms with Crippen molar-refractivity contribution in [3.05, 3.63) is 42.0 Å². The Kier molecular flexibility index (Phi) is 3.67. The van der Waals surface area contributed by atoms with Crippen LogP contribution >= 0.6 is 0 Å². The summed E-state index contributed by atoms with van der Waals surface area (Å²) in [7, 11) is 0. The number of benzene rings is 1. The molecule has 1 aliphatic rings. The van der Waals surface area contributed by atoms with Gasteiger partial charge in [0.15, 0.2) is 5.41 Å². The van der Waals surface area contributed by atoms with Gasteiger partial charge in [-0.15, -0.1) is 0 Å². The van der Waals surface area contributed by atoms with Crippen LogP contribution < -0.4 is 11.5 Å². The van der Waals surface area contributed by atoms with Crippen LogP contribution in [0.1, 0.15) is 12.0 Å². The summed E-state index contributed by atoms with van der Waals surface area (Å²) >= 11 is 0. The number of rotatable bonds is 1. The summed E-state index contributed by atoms with van der Waals surface area (Å²) in [6.07, 6.45) is -9.52. The number of hydrogen-bond acceptors (Lipinski definition) is 2. The quantitative estimate of drug-likeness (QED) is 0.598. The number of para-hydroxylation sites is 1. The maximum atomic E-state index is 13.4. The highest BCUT2D eigenvalue weighted by molar-refractivity contribution is 5.86. The number of nitrogen functional groups attached to an aromatic ring is 2. The largest absolute Gasteiger partial charge is 0.407 e. The third-order valence-corrected chi connectivity index (χ3v) is 3.68. The first kappa shape index (κ1) is 16.3. The molecule has 0 aliphatic heterocycles. The standard InChI is InChI=1S/C14H12F6N2/c15-13(16,17)12(14(18,19)20)7-2-1-5-9(12)8-4-3-6-10(21)11(8)22/h1-6H,7,21-22H2. The van der Waals surface area contributed by atoms with Crippen molar-refractivity contribution < 1.29 is 26.3 Å². The molecule has 1 aliphatic carbocycles. The Bertz CT molecular complexity index is 626. The molecule has 22 heavy (non-hydrogen) atoms. The monoisotopic (exact) mass is 322 g/mol. The van der Waals surface area contributed by atoms with Crippen molar-refractivity contribution in [3.8, 4) is 0 Å². The Balaban J connectivity index is 2.78. The fourth-order valence-electron chi connectivity index (χ4n) is 2.50. The molecule has 0 saturated heterocycles. The molecule has 120 valence electrons. The number of hydrogen-bond donors (Lipinski definition) is 2. The Hall–Kier alpha value is -2.12. The van der Waals surface area contributed by atoms with E-state index in [4.69, 9.17) is 11.5 Å². The maximum absolute atomic E-state index is 13.4. The summed E-state index contributed by atoms with van der Waals surface area (Å²) in [5, 5.41) is 0. The fraction of sp³-hybridized carbons (Fsp3) is 0.286. The van der Waals surface area contributed by atoms with Gasteiger partial charge in [-0.2, -0.15) is 26.3 Å². The molecule has 0 unspecified atom stereocenters. The van der Waals surface area contributed by atoms with Crippen molar-refractivity contribution >= 4 is 16.9 Å². The predicted octanol–water partition coefficient (Wildman–Crippen LogP) is 4.31. The second kappa shape index (κ2) is 4.96. The molecule has 1 aromatic carbocycles. The summed E-state index contributed by atoms with van der Waals surface area (Å²) in [6.45, 7) is 0. The molecular formula is C14H12F6N2. The lowest BCUT2D eigenvalue weighted by Crippen LogP contribution is -2.51. The molecule has 0 atom stereocenters.